The lowest BCUT2D eigenvalue weighted by molar-refractivity contribution is 0.509. The van der Waals surface area contributed by atoms with E-state index in [1.165, 1.54) is 6.07 Å². The second kappa shape index (κ2) is 4.10. The zero-order chi connectivity index (χ0) is 12.5. The summed E-state index contributed by atoms with van der Waals surface area (Å²) in [6, 6.07) is 5.69. The Kier molecular flexibility index (Phi) is 2.44. The third-order valence-electron chi connectivity index (χ3n) is 2.73. The number of hydrogen-bond acceptors (Lipinski definition) is 1. The van der Waals surface area contributed by atoms with Crippen LogP contribution in [-0.2, 0) is 0 Å². The van der Waals surface area contributed by atoms with Crippen molar-refractivity contribution in [3.8, 4) is 16.8 Å². The molecule has 0 aliphatic rings. The molecule has 5 heteroatoms. The van der Waals surface area contributed by atoms with Crippen molar-refractivity contribution in [1.29, 1.82) is 0 Å². The summed E-state index contributed by atoms with van der Waals surface area (Å²) in [7, 11) is 0. The van der Waals surface area contributed by atoms with Crippen molar-refractivity contribution >= 4 is 0 Å². The molecule has 0 amide bonds. The standard InChI is InChI=1S/C13H9F2N3/c14-12-2-1-9(5-13(12)15)10-3-4-18(8-10)11-6-16-17-7-11/h1-8H,(H,16,17). The van der Waals surface area contributed by atoms with E-state index < -0.39 is 11.6 Å². The second-order valence-corrected chi connectivity index (χ2v) is 3.89. The van der Waals surface area contributed by atoms with Gasteiger partial charge in [-0.25, -0.2) is 8.78 Å². The molecule has 0 fully saturated rings. The van der Waals surface area contributed by atoms with Crippen LogP contribution in [0, 0.1) is 11.6 Å². The monoisotopic (exact) mass is 245 g/mol. The molecule has 18 heavy (non-hydrogen) atoms. The Labute approximate surface area is 102 Å². The Hall–Kier alpha value is -2.43. The van der Waals surface area contributed by atoms with Crippen LogP contribution >= 0.6 is 0 Å². The predicted molar refractivity (Wildman–Crippen MR) is 63.3 cm³/mol. The van der Waals surface area contributed by atoms with Gasteiger partial charge in [0.05, 0.1) is 11.9 Å². The molecule has 0 radical (unpaired) electrons. The lowest BCUT2D eigenvalue weighted by atomic mass is 10.1. The lowest BCUT2D eigenvalue weighted by Crippen LogP contribution is -1.86. The number of H-pyrrole nitrogens is 1. The maximum Gasteiger partial charge on any atom is 0.159 e. The number of halogens is 2. The van der Waals surface area contributed by atoms with Crippen LogP contribution in [0.5, 0.6) is 0 Å². The van der Waals surface area contributed by atoms with Crippen molar-refractivity contribution in [3.63, 3.8) is 0 Å². The van der Waals surface area contributed by atoms with Gasteiger partial charge in [0, 0.05) is 18.6 Å². The molecule has 3 aromatic rings. The maximum absolute atomic E-state index is 13.1. The average Bonchev–Trinajstić information content (AvgIpc) is 3.01. The number of hydrogen-bond donors (Lipinski definition) is 1. The van der Waals surface area contributed by atoms with Gasteiger partial charge in [0.2, 0.25) is 0 Å². The summed E-state index contributed by atoms with van der Waals surface area (Å²) >= 11 is 0. The van der Waals surface area contributed by atoms with Gasteiger partial charge >= 0.3 is 0 Å². The van der Waals surface area contributed by atoms with Crippen molar-refractivity contribution in [2.75, 3.05) is 0 Å². The molecule has 90 valence electrons. The quantitative estimate of drug-likeness (QED) is 0.739. The van der Waals surface area contributed by atoms with Gasteiger partial charge in [0.15, 0.2) is 11.6 Å². The molecule has 0 saturated heterocycles. The second-order valence-electron chi connectivity index (χ2n) is 3.89. The van der Waals surface area contributed by atoms with Gasteiger partial charge in [-0.2, -0.15) is 5.10 Å². The lowest BCUT2D eigenvalue weighted by Gasteiger charge is -1.99. The molecule has 0 aliphatic carbocycles. The van der Waals surface area contributed by atoms with Gasteiger partial charge in [-0.1, -0.05) is 6.07 Å². The summed E-state index contributed by atoms with van der Waals surface area (Å²) in [5.74, 6) is -1.68. The first-order chi connectivity index (χ1) is 8.74. The normalized spacial score (nSPS) is 10.8. The summed E-state index contributed by atoms with van der Waals surface area (Å²) in [5.41, 5.74) is 2.33. The van der Waals surface area contributed by atoms with E-state index in [1.54, 1.807) is 18.5 Å². The van der Waals surface area contributed by atoms with Crippen molar-refractivity contribution in [1.82, 2.24) is 14.8 Å². The molecule has 3 nitrogen and oxygen atoms in total. The Bertz CT molecular complexity index is 671. The van der Waals surface area contributed by atoms with E-state index in [4.69, 9.17) is 0 Å². The molecule has 0 aliphatic heterocycles. The van der Waals surface area contributed by atoms with Crippen LogP contribution in [0.15, 0.2) is 49.1 Å². The Balaban J connectivity index is 2.00. The molecule has 1 aromatic carbocycles. The zero-order valence-electron chi connectivity index (χ0n) is 9.27. The first-order valence-corrected chi connectivity index (χ1v) is 5.36. The third-order valence-corrected chi connectivity index (χ3v) is 2.73. The number of nitrogens with zero attached hydrogens (tertiary/aromatic N) is 2. The van der Waals surface area contributed by atoms with Crippen LogP contribution in [0.3, 0.4) is 0 Å². The van der Waals surface area contributed by atoms with E-state index in [0.29, 0.717) is 5.56 Å². The summed E-state index contributed by atoms with van der Waals surface area (Å²) < 4.78 is 27.8. The number of aromatic nitrogens is 3. The molecule has 1 N–H and O–H groups in total. The van der Waals surface area contributed by atoms with E-state index in [9.17, 15) is 8.78 Å². The van der Waals surface area contributed by atoms with Crippen LogP contribution in [0.4, 0.5) is 8.78 Å². The summed E-state index contributed by atoms with van der Waals surface area (Å²) in [4.78, 5) is 0. The third kappa shape index (κ3) is 1.79. The number of rotatable bonds is 2. The summed E-state index contributed by atoms with van der Waals surface area (Å²) in [6.45, 7) is 0. The van der Waals surface area contributed by atoms with Gasteiger partial charge in [0.1, 0.15) is 0 Å². The molecule has 0 spiro atoms. The number of benzene rings is 1. The van der Waals surface area contributed by atoms with Gasteiger partial charge in [0.25, 0.3) is 0 Å². The van der Waals surface area contributed by atoms with Crippen molar-refractivity contribution in [2.45, 2.75) is 0 Å². The van der Waals surface area contributed by atoms with E-state index in [2.05, 4.69) is 10.2 Å². The fourth-order valence-electron chi connectivity index (χ4n) is 1.79. The largest absolute Gasteiger partial charge is 0.320 e. The minimum absolute atomic E-state index is 0.635. The van der Waals surface area contributed by atoms with E-state index in [-0.39, 0.29) is 0 Å². The first kappa shape index (κ1) is 10.7. The zero-order valence-corrected chi connectivity index (χ0v) is 9.27. The molecule has 0 saturated carbocycles. The van der Waals surface area contributed by atoms with E-state index in [1.807, 2.05) is 23.0 Å². The number of aromatic amines is 1. The smallest absolute Gasteiger partial charge is 0.159 e. The first-order valence-electron chi connectivity index (χ1n) is 5.36. The number of nitrogens with one attached hydrogen (secondary N) is 1. The van der Waals surface area contributed by atoms with E-state index >= 15 is 0 Å². The fraction of sp³-hybridized carbons (Fsp3) is 0. The molecule has 0 bridgehead atoms. The Morgan fingerprint density at radius 2 is 1.94 bits per heavy atom. The minimum atomic E-state index is -0.844. The molecule has 2 heterocycles. The average molecular weight is 245 g/mol. The molecule has 0 atom stereocenters. The highest BCUT2D eigenvalue weighted by Gasteiger charge is 2.06. The topological polar surface area (TPSA) is 33.6 Å². The van der Waals surface area contributed by atoms with Gasteiger partial charge in [-0.15, -0.1) is 0 Å². The molecular weight excluding hydrogens is 236 g/mol. The SMILES string of the molecule is Fc1ccc(-c2ccn(-c3cn[nH]c3)c2)cc1F. The summed E-state index contributed by atoms with van der Waals surface area (Å²) in [6.07, 6.45) is 7.09. The highest BCUT2D eigenvalue weighted by molar-refractivity contribution is 5.63. The minimum Gasteiger partial charge on any atom is -0.320 e. The van der Waals surface area contributed by atoms with Crippen LogP contribution in [0.25, 0.3) is 16.8 Å². The van der Waals surface area contributed by atoms with Gasteiger partial charge in [-0.3, -0.25) is 5.10 Å². The van der Waals surface area contributed by atoms with Crippen LogP contribution < -0.4 is 0 Å². The Morgan fingerprint density at radius 1 is 1.06 bits per heavy atom. The van der Waals surface area contributed by atoms with Crippen molar-refractivity contribution in [2.24, 2.45) is 0 Å². The van der Waals surface area contributed by atoms with Crippen molar-refractivity contribution < 1.29 is 8.78 Å². The highest BCUT2D eigenvalue weighted by atomic mass is 19.2. The Morgan fingerprint density at radius 3 is 2.67 bits per heavy atom. The summed E-state index contributed by atoms with van der Waals surface area (Å²) in [5, 5.41) is 6.56. The van der Waals surface area contributed by atoms with Gasteiger partial charge in [-0.05, 0) is 29.3 Å². The maximum atomic E-state index is 13.1. The fourth-order valence-corrected chi connectivity index (χ4v) is 1.79. The molecular formula is C13H9F2N3. The van der Waals surface area contributed by atoms with Crippen LogP contribution in [-0.4, -0.2) is 14.8 Å². The molecule has 0 unspecified atom stereocenters. The van der Waals surface area contributed by atoms with Crippen molar-refractivity contribution in [3.05, 3.63) is 60.7 Å². The predicted octanol–water partition coefficient (Wildman–Crippen LogP) is 3.15. The van der Waals surface area contributed by atoms with Crippen LogP contribution in [0.2, 0.25) is 0 Å². The van der Waals surface area contributed by atoms with Crippen LogP contribution in [0.1, 0.15) is 0 Å². The van der Waals surface area contributed by atoms with Gasteiger partial charge < -0.3 is 4.57 Å². The van der Waals surface area contributed by atoms with E-state index in [0.717, 1.165) is 17.3 Å². The highest BCUT2D eigenvalue weighted by Crippen LogP contribution is 2.23. The molecule has 2 aromatic heterocycles. The molecule has 3 rings (SSSR count).